The molecule has 1 amide bonds. The highest BCUT2D eigenvalue weighted by atomic mass is 19.1. The first-order valence-corrected chi connectivity index (χ1v) is 11.4. The number of aromatic nitrogens is 2. The lowest BCUT2D eigenvalue weighted by molar-refractivity contribution is -0.133. The zero-order valence-electron chi connectivity index (χ0n) is 19.3. The Morgan fingerprint density at radius 1 is 1.12 bits per heavy atom. The van der Waals surface area contributed by atoms with E-state index in [1.54, 1.807) is 13.0 Å². The van der Waals surface area contributed by atoms with Gasteiger partial charge in [0.15, 0.2) is 5.82 Å². The number of rotatable bonds is 6. The molecule has 0 spiro atoms. The van der Waals surface area contributed by atoms with Gasteiger partial charge < -0.3 is 9.80 Å². The van der Waals surface area contributed by atoms with E-state index in [0.29, 0.717) is 43.6 Å². The SMILES string of the molecule is Cc1cc(C2=NN(CC(=O)N3CCN(c4ncc(F)cn4)CC3)C(CC(C)C)C2)ccc1F. The van der Waals surface area contributed by atoms with Gasteiger partial charge in [-0.15, -0.1) is 0 Å². The van der Waals surface area contributed by atoms with E-state index in [1.807, 2.05) is 20.9 Å². The third-order valence-electron chi connectivity index (χ3n) is 6.15. The number of hydrogen-bond acceptors (Lipinski definition) is 6. The summed E-state index contributed by atoms with van der Waals surface area (Å²) in [6, 6.07) is 5.20. The Hall–Kier alpha value is -3.10. The van der Waals surface area contributed by atoms with E-state index in [0.717, 1.165) is 36.5 Å². The van der Waals surface area contributed by atoms with Crippen molar-refractivity contribution in [3.8, 4) is 0 Å². The molecule has 0 aliphatic carbocycles. The molecular weight excluding hydrogens is 426 g/mol. The minimum Gasteiger partial charge on any atom is -0.338 e. The fourth-order valence-electron chi connectivity index (χ4n) is 4.38. The van der Waals surface area contributed by atoms with Crippen molar-refractivity contribution in [2.45, 2.75) is 39.7 Å². The van der Waals surface area contributed by atoms with Crippen LogP contribution >= 0.6 is 0 Å². The average molecular weight is 457 g/mol. The molecular formula is C24H30F2N6O. The van der Waals surface area contributed by atoms with Crippen LogP contribution in [0.1, 0.15) is 37.8 Å². The number of hydrazone groups is 1. The summed E-state index contributed by atoms with van der Waals surface area (Å²) in [5, 5.41) is 6.69. The lowest BCUT2D eigenvalue weighted by Crippen LogP contribution is -2.51. The van der Waals surface area contributed by atoms with Crippen molar-refractivity contribution in [2.75, 3.05) is 37.6 Å². The van der Waals surface area contributed by atoms with Crippen molar-refractivity contribution in [3.05, 3.63) is 53.4 Å². The number of anilines is 1. The molecule has 176 valence electrons. The summed E-state index contributed by atoms with van der Waals surface area (Å²) in [6.45, 7) is 8.58. The second-order valence-electron chi connectivity index (χ2n) is 9.16. The third-order valence-corrected chi connectivity index (χ3v) is 6.15. The first kappa shape index (κ1) is 23.1. The Bertz CT molecular complexity index is 1020. The molecule has 1 fully saturated rings. The molecule has 0 bridgehead atoms. The van der Waals surface area contributed by atoms with E-state index >= 15 is 0 Å². The van der Waals surface area contributed by atoms with Crippen molar-refractivity contribution >= 4 is 17.6 Å². The van der Waals surface area contributed by atoms with Gasteiger partial charge in [0, 0.05) is 32.6 Å². The van der Waals surface area contributed by atoms with Crippen LogP contribution in [0.3, 0.4) is 0 Å². The molecule has 1 aromatic heterocycles. The Balaban J connectivity index is 1.40. The molecule has 1 aromatic carbocycles. The van der Waals surface area contributed by atoms with Crippen LogP contribution in [0.25, 0.3) is 0 Å². The number of benzene rings is 1. The number of aryl methyl sites for hydroxylation is 1. The first-order valence-electron chi connectivity index (χ1n) is 11.4. The standard InChI is InChI=1S/C24H30F2N6O/c1-16(2)10-20-12-22(18-4-5-21(26)17(3)11-18)29-32(20)15-23(33)30-6-8-31(9-7-30)24-27-13-19(25)14-28-24/h4-5,11,13-14,16,20H,6-10,12,15H2,1-3H3. The number of hydrogen-bond donors (Lipinski definition) is 0. The zero-order valence-corrected chi connectivity index (χ0v) is 19.3. The van der Waals surface area contributed by atoms with Crippen molar-refractivity contribution < 1.29 is 13.6 Å². The van der Waals surface area contributed by atoms with Crippen LogP contribution in [0.5, 0.6) is 0 Å². The molecule has 3 heterocycles. The summed E-state index contributed by atoms with van der Waals surface area (Å²) in [7, 11) is 0. The minimum atomic E-state index is -0.468. The van der Waals surface area contributed by atoms with Crippen LogP contribution in [0.4, 0.5) is 14.7 Å². The molecule has 2 aromatic rings. The van der Waals surface area contributed by atoms with Crippen molar-refractivity contribution in [1.82, 2.24) is 19.9 Å². The van der Waals surface area contributed by atoms with Crippen LogP contribution in [-0.4, -0.2) is 70.3 Å². The number of piperazine rings is 1. The topological polar surface area (TPSA) is 64.9 Å². The smallest absolute Gasteiger partial charge is 0.243 e. The number of carbonyl (C=O) groups excluding carboxylic acids is 1. The van der Waals surface area contributed by atoms with Gasteiger partial charge in [0.2, 0.25) is 11.9 Å². The monoisotopic (exact) mass is 456 g/mol. The fraction of sp³-hybridized carbons (Fsp3) is 0.500. The minimum absolute atomic E-state index is 0.0312. The average Bonchev–Trinajstić information content (AvgIpc) is 3.17. The molecule has 2 aliphatic rings. The highest BCUT2D eigenvalue weighted by Crippen LogP contribution is 2.26. The van der Waals surface area contributed by atoms with Crippen molar-refractivity contribution in [3.63, 3.8) is 0 Å². The molecule has 0 N–H and O–H groups in total. The number of carbonyl (C=O) groups is 1. The Morgan fingerprint density at radius 3 is 2.45 bits per heavy atom. The summed E-state index contributed by atoms with van der Waals surface area (Å²) in [5.74, 6) is 0.280. The molecule has 7 nitrogen and oxygen atoms in total. The van der Waals surface area contributed by atoms with E-state index in [4.69, 9.17) is 5.10 Å². The van der Waals surface area contributed by atoms with Crippen molar-refractivity contribution in [2.24, 2.45) is 11.0 Å². The van der Waals surface area contributed by atoms with Gasteiger partial charge in [-0.25, -0.2) is 18.7 Å². The largest absolute Gasteiger partial charge is 0.338 e. The van der Waals surface area contributed by atoms with E-state index in [-0.39, 0.29) is 24.3 Å². The Labute approximate surface area is 193 Å². The maximum atomic E-state index is 13.7. The number of amides is 1. The molecule has 2 aliphatic heterocycles. The van der Waals surface area contributed by atoms with Gasteiger partial charge in [-0.1, -0.05) is 19.9 Å². The maximum Gasteiger partial charge on any atom is 0.243 e. The predicted octanol–water partition coefficient (Wildman–Crippen LogP) is 3.24. The summed E-state index contributed by atoms with van der Waals surface area (Å²) in [5.41, 5.74) is 2.40. The van der Waals surface area contributed by atoms with E-state index < -0.39 is 5.82 Å². The van der Waals surface area contributed by atoms with E-state index in [9.17, 15) is 13.6 Å². The molecule has 4 rings (SSSR count). The second kappa shape index (κ2) is 9.80. The summed E-state index contributed by atoms with van der Waals surface area (Å²) in [4.78, 5) is 24.9. The van der Waals surface area contributed by atoms with Gasteiger partial charge >= 0.3 is 0 Å². The molecule has 33 heavy (non-hydrogen) atoms. The van der Waals surface area contributed by atoms with Gasteiger partial charge in [0.1, 0.15) is 12.4 Å². The summed E-state index contributed by atoms with van der Waals surface area (Å²) >= 11 is 0. The molecule has 1 atom stereocenters. The van der Waals surface area contributed by atoms with Crippen LogP contribution in [0.2, 0.25) is 0 Å². The van der Waals surface area contributed by atoms with Gasteiger partial charge in [-0.2, -0.15) is 5.10 Å². The van der Waals surface area contributed by atoms with Gasteiger partial charge in [0.05, 0.1) is 24.1 Å². The fourth-order valence-corrected chi connectivity index (χ4v) is 4.38. The lowest BCUT2D eigenvalue weighted by atomic mass is 9.96. The van der Waals surface area contributed by atoms with Gasteiger partial charge in [-0.05, 0) is 42.5 Å². The highest BCUT2D eigenvalue weighted by molar-refractivity contribution is 6.02. The van der Waals surface area contributed by atoms with Crippen molar-refractivity contribution in [1.29, 1.82) is 0 Å². The molecule has 9 heteroatoms. The predicted molar refractivity (Wildman–Crippen MR) is 123 cm³/mol. The number of nitrogens with zero attached hydrogens (tertiary/aromatic N) is 6. The van der Waals surface area contributed by atoms with Gasteiger partial charge in [-0.3, -0.25) is 9.80 Å². The first-order chi connectivity index (χ1) is 15.8. The molecule has 0 radical (unpaired) electrons. The van der Waals surface area contributed by atoms with Gasteiger partial charge in [0.25, 0.3) is 0 Å². The quantitative estimate of drug-likeness (QED) is 0.668. The van der Waals surface area contributed by atoms with E-state index in [1.165, 1.54) is 6.07 Å². The normalized spacial score (nSPS) is 18.8. The summed E-state index contributed by atoms with van der Waals surface area (Å²) < 4.78 is 26.8. The highest BCUT2D eigenvalue weighted by Gasteiger charge is 2.31. The molecule has 1 unspecified atom stereocenters. The van der Waals surface area contributed by atoms with Crippen LogP contribution < -0.4 is 4.90 Å². The Kier molecular flexibility index (Phi) is 6.85. The summed E-state index contributed by atoms with van der Waals surface area (Å²) in [6.07, 6.45) is 3.98. The van der Waals surface area contributed by atoms with Crippen LogP contribution in [0.15, 0.2) is 35.7 Å². The van der Waals surface area contributed by atoms with Crippen LogP contribution in [-0.2, 0) is 4.79 Å². The lowest BCUT2D eigenvalue weighted by Gasteiger charge is -2.36. The molecule has 0 saturated carbocycles. The van der Waals surface area contributed by atoms with E-state index in [2.05, 4.69) is 23.8 Å². The molecule has 1 saturated heterocycles. The van der Waals surface area contributed by atoms with Crippen LogP contribution in [0, 0.1) is 24.5 Å². The second-order valence-corrected chi connectivity index (χ2v) is 9.16. The Morgan fingerprint density at radius 2 is 1.82 bits per heavy atom. The third kappa shape index (κ3) is 5.46. The zero-order chi connectivity index (χ0) is 23.5. The number of halogens is 2. The maximum absolute atomic E-state index is 13.7.